The lowest BCUT2D eigenvalue weighted by atomic mass is 10.1. The highest BCUT2D eigenvalue weighted by molar-refractivity contribution is 6.36. The molecule has 0 aliphatic heterocycles. The van der Waals surface area contributed by atoms with Crippen LogP contribution in [-0.4, -0.2) is 13.1 Å². The van der Waals surface area contributed by atoms with Gasteiger partial charge in [-0.1, -0.05) is 52.5 Å². The minimum Gasteiger partial charge on any atom is -0.311 e. The topological polar surface area (TPSA) is 12.0 Å². The van der Waals surface area contributed by atoms with Gasteiger partial charge >= 0.3 is 0 Å². The first-order chi connectivity index (χ1) is 7.63. The summed E-state index contributed by atoms with van der Waals surface area (Å²) < 4.78 is 0. The standard InChI is InChI=1S/C11H11Cl4N/c12-6-10(14)7-16-4-3-8-1-2-9(13)5-11(8)15/h1-2,5-6,16H,3-4,7H2. The van der Waals surface area contributed by atoms with Crippen molar-refractivity contribution >= 4 is 46.4 Å². The fourth-order valence-electron chi connectivity index (χ4n) is 1.19. The van der Waals surface area contributed by atoms with E-state index in [-0.39, 0.29) is 0 Å². The Kier molecular flexibility index (Phi) is 6.55. The first-order valence-electron chi connectivity index (χ1n) is 4.73. The van der Waals surface area contributed by atoms with Crippen LogP contribution in [0.3, 0.4) is 0 Å². The Balaban J connectivity index is 2.37. The quantitative estimate of drug-likeness (QED) is 0.792. The number of rotatable bonds is 5. The molecule has 88 valence electrons. The molecule has 0 aliphatic rings. The van der Waals surface area contributed by atoms with Gasteiger partial charge < -0.3 is 5.32 Å². The molecule has 1 aromatic carbocycles. The van der Waals surface area contributed by atoms with Gasteiger partial charge in [0.1, 0.15) is 0 Å². The zero-order valence-electron chi connectivity index (χ0n) is 8.44. The van der Waals surface area contributed by atoms with Crippen molar-refractivity contribution in [3.8, 4) is 0 Å². The summed E-state index contributed by atoms with van der Waals surface area (Å²) in [5.74, 6) is 0. The maximum atomic E-state index is 6.03. The lowest BCUT2D eigenvalue weighted by Crippen LogP contribution is -2.18. The van der Waals surface area contributed by atoms with Crippen LogP contribution in [0.1, 0.15) is 5.56 Å². The van der Waals surface area contributed by atoms with Crippen LogP contribution in [0.2, 0.25) is 10.0 Å². The van der Waals surface area contributed by atoms with E-state index in [2.05, 4.69) is 5.32 Å². The first kappa shape index (κ1) is 14.1. The monoisotopic (exact) mass is 297 g/mol. The van der Waals surface area contributed by atoms with E-state index in [1.54, 1.807) is 6.07 Å². The fourth-order valence-corrected chi connectivity index (χ4v) is 1.87. The predicted molar refractivity (Wildman–Crippen MR) is 72.8 cm³/mol. The zero-order chi connectivity index (χ0) is 12.0. The van der Waals surface area contributed by atoms with Crippen molar-refractivity contribution in [2.75, 3.05) is 13.1 Å². The SMILES string of the molecule is ClC=C(Cl)CNCCc1ccc(Cl)cc1Cl. The Morgan fingerprint density at radius 1 is 1.31 bits per heavy atom. The molecule has 1 rings (SSSR count). The van der Waals surface area contributed by atoms with Crippen LogP contribution < -0.4 is 5.32 Å². The molecule has 0 aliphatic carbocycles. The van der Waals surface area contributed by atoms with Gasteiger partial charge in [-0.2, -0.15) is 0 Å². The Hall–Kier alpha value is 0.0800. The van der Waals surface area contributed by atoms with E-state index in [1.165, 1.54) is 5.54 Å². The first-order valence-corrected chi connectivity index (χ1v) is 6.30. The second-order valence-electron chi connectivity index (χ2n) is 3.22. The lowest BCUT2D eigenvalue weighted by Gasteiger charge is -2.06. The minimum absolute atomic E-state index is 0.566. The number of hydrogen-bond acceptors (Lipinski definition) is 1. The van der Waals surface area contributed by atoms with E-state index >= 15 is 0 Å². The Morgan fingerprint density at radius 2 is 2.06 bits per heavy atom. The van der Waals surface area contributed by atoms with E-state index in [9.17, 15) is 0 Å². The van der Waals surface area contributed by atoms with Crippen molar-refractivity contribution < 1.29 is 0 Å². The van der Waals surface area contributed by atoms with Gasteiger partial charge in [0.15, 0.2) is 0 Å². The third kappa shape index (κ3) is 4.94. The van der Waals surface area contributed by atoms with Crippen LogP contribution in [0.25, 0.3) is 0 Å². The average molecular weight is 299 g/mol. The molecular weight excluding hydrogens is 288 g/mol. The van der Waals surface area contributed by atoms with Gasteiger partial charge in [0, 0.05) is 27.2 Å². The van der Waals surface area contributed by atoms with Crippen LogP contribution in [0.15, 0.2) is 28.8 Å². The summed E-state index contributed by atoms with van der Waals surface area (Å²) in [7, 11) is 0. The summed E-state index contributed by atoms with van der Waals surface area (Å²) in [4.78, 5) is 0. The molecule has 1 aromatic rings. The van der Waals surface area contributed by atoms with Crippen molar-refractivity contribution in [1.29, 1.82) is 0 Å². The molecule has 0 saturated heterocycles. The van der Waals surface area contributed by atoms with Gasteiger partial charge in [0.25, 0.3) is 0 Å². The molecule has 0 atom stereocenters. The largest absolute Gasteiger partial charge is 0.311 e. The molecule has 0 aromatic heterocycles. The molecule has 0 bridgehead atoms. The zero-order valence-corrected chi connectivity index (χ0v) is 11.5. The van der Waals surface area contributed by atoms with E-state index in [1.807, 2.05) is 12.1 Å². The van der Waals surface area contributed by atoms with Gasteiger partial charge in [0.05, 0.1) is 0 Å². The predicted octanol–water partition coefficient (Wildman–Crippen LogP) is 4.44. The highest BCUT2D eigenvalue weighted by atomic mass is 35.5. The van der Waals surface area contributed by atoms with E-state index in [0.717, 1.165) is 18.5 Å². The number of halogens is 4. The molecule has 0 spiro atoms. The van der Waals surface area contributed by atoms with Crippen molar-refractivity contribution in [3.63, 3.8) is 0 Å². The van der Waals surface area contributed by atoms with Crippen molar-refractivity contribution in [3.05, 3.63) is 44.4 Å². The molecule has 0 amide bonds. The summed E-state index contributed by atoms with van der Waals surface area (Å²) in [5.41, 5.74) is 2.41. The minimum atomic E-state index is 0.566. The van der Waals surface area contributed by atoms with Crippen LogP contribution in [-0.2, 0) is 6.42 Å². The van der Waals surface area contributed by atoms with Gasteiger partial charge in [-0.15, -0.1) is 0 Å². The Morgan fingerprint density at radius 3 is 2.69 bits per heavy atom. The van der Waals surface area contributed by atoms with Gasteiger partial charge in [-0.25, -0.2) is 0 Å². The third-order valence-corrected chi connectivity index (χ3v) is 3.20. The third-order valence-electron chi connectivity index (χ3n) is 2.00. The number of benzene rings is 1. The molecule has 5 heteroatoms. The summed E-state index contributed by atoms with van der Waals surface area (Å²) in [5, 5.41) is 5.07. The normalized spacial score (nSPS) is 11.9. The molecule has 0 radical (unpaired) electrons. The van der Waals surface area contributed by atoms with E-state index < -0.39 is 0 Å². The maximum absolute atomic E-state index is 6.03. The molecule has 0 saturated carbocycles. The second-order valence-corrected chi connectivity index (χ2v) is 4.77. The van der Waals surface area contributed by atoms with Crippen molar-refractivity contribution in [1.82, 2.24) is 5.32 Å². The Bertz CT molecular complexity index is 376. The number of hydrogen-bond donors (Lipinski definition) is 1. The summed E-state index contributed by atoms with van der Waals surface area (Å²) in [6.45, 7) is 1.35. The molecule has 0 unspecified atom stereocenters. The summed E-state index contributed by atoms with van der Waals surface area (Å²) >= 11 is 23.0. The van der Waals surface area contributed by atoms with Gasteiger partial charge in [-0.05, 0) is 30.7 Å². The van der Waals surface area contributed by atoms with Crippen molar-refractivity contribution in [2.24, 2.45) is 0 Å². The van der Waals surface area contributed by atoms with Crippen LogP contribution in [0.4, 0.5) is 0 Å². The smallest absolute Gasteiger partial charge is 0.0453 e. The molecule has 16 heavy (non-hydrogen) atoms. The highest BCUT2D eigenvalue weighted by Crippen LogP contribution is 2.21. The van der Waals surface area contributed by atoms with Crippen LogP contribution in [0, 0.1) is 0 Å². The fraction of sp³-hybridized carbons (Fsp3) is 0.273. The van der Waals surface area contributed by atoms with Crippen molar-refractivity contribution in [2.45, 2.75) is 6.42 Å². The molecular formula is C11H11Cl4N. The van der Waals surface area contributed by atoms with E-state index in [0.29, 0.717) is 21.6 Å². The molecule has 1 nitrogen and oxygen atoms in total. The van der Waals surface area contributed by atoms with Gasteiger partial charge in [0.2, 0.25) is 0 Å². The average Bonchev–Trinajstić information content (AvgIpc) is 2.26. The van der Waals surface area contributed by atoms with E-state index in [4.69, 9.17) is 46.4 Å². The summed E-state index contributed by atoms with van der Waals surface area (Å²) in [6.07, 6.45) is 0.822. The van der Waals surface area contributed by atoms with Crippen LogP contribution in [0.5, 0.6) is 0 Å². The Labute approximate surface area is 115 Å². The molecule has 0 heterocycles. The number of nitrogens with one attached hydrogen (secondary N) is 1. The van der Waals surface area contributed by atoms with Crippen LogP contribution >= 0.6 is 46.4 Å². The molecule has 1 N–H and O–H groups in total. The lowest BCUT2D eigenvalue weighted by molar-refractivity contribution is 0.740. The maximum Gasteiger partial charge on any atom is 0.0453 e. The highest BCUT2D eigenvalue weighted by Gasteiger charge is 2.00. The second kappa shape index (κ2) is 7.41. The molecule has 0 fully saturated rings. The summed E-state index contributed by atoms with van der Waals surface area (Å²) in [6, 6.07) is 5.49. The van der Waals surface area contributed by atoms with Gasteiger partial charge in [-0.3, -0.25) is 0 Å².